The van der Waals surface area contributed by atoms with Crippen molar-refractivity contribution in [1.82, 2.24) is 14.1 Å². The Labute approximate surface area is 510 Å². The molecule has 3 heterocycles. The molecule has 0 radical (unpaired) electrons. The molecule has 0 N–H and O–H groups in total. The summed E-state index contributed by atoms with van der Waals surface area (Å²) in [7, 11) is 0. The molecule has 5 nitrogen and oxygen atoms in total. The first-order valence-electron chi connectivity index (χ1n) is 41.9. The normalized spacial score (nSPS) is 28.9. The van der Waals surface area contributed by atoms with Gasteiger partial charge in [0.25, 0.3) is 6.33 Å². The number of pyridine rings is 1. The molecule has 0 saturated carbocycles. The van der Waals surface area contributed by atoms with E-state index in [1.54, 1.807) is 12.3 Å². The van der Waals surface area contributed by atoms with Crippen molar-refractivity contribution in [3.05, 3.63) is 198 Å². The van der Waals surface area contributed by atoms with E-state index in [0.29, 0.717) is 18.3 Å². The Hall–Kier alpha value is -6.55. The molecule has 2 aliphatic rings. The van der Waals surface area contributed by atoms with Gasteiger partial charge in [-0.25, -0.2) is 4.98 Å². The van der Waals surface area contributed by atoms with E-state index in [0.717, 1.165) is 44.6 Å². The first-order valence-corrected chi connectivity index (χ1v) is 23.4. The molecule has 0 bridgehead atoms. The second-order valence-electron chi connectivity index (χ2n) is 19.3. The first kappa shape index (κ1) is 23.4. The average molecular weight is 1200 g/mol. The molecular weight excluding hydrogens is 1100 g/mol. The third-order valence-corrected chi connectivity index (χ3v) is 13.3. The van der Waals surface area contributed by atoms with Crippen molar-refractivity contribution in [1.29, 1.82) is 0 Å². The Balaban J connectivity index is 0.0000124. The summed E-state index contributed by atoms with van der Waals surface area (Å²) in [6.45, 7) is -24.9. The topological polar surface area (TPSA) is 35.9 Å². The van der Waals surface area contributed by atoms with Gasteiger partial charge < -0.3 is 13.9 Å². The first-order chi connectivity index (χ1) is 50.4. The van der Waals surface area contributed by atoms with Gasteiger partial charge in [0, 0.05) is 86.8 Å². The minimum absolute atomic E-state index is 0. The van der Waals surface area contributed by atoms with E-state index in [4.69, 9.17) is 38.5 Å². The van der Waals surface area contributed by atoms with Crippen LogP contribution >= 0.6 is 0 Å². The van der Waals surface area contributed by atoms with Gasteiger partial charge in [-0.05, 0) is 138 Å². The Bertz CT molecular complexity index is 5260. The molecule has 12 rings (SSSR count). The molecule has 1 unspecified atom stereocenters. The zero-order valence-corrected chi connectivity index (χ0v) is 42.8. The summed E-state index contributed by atoms with van der Waals surface area (Å²) < 4.78 is 356. The summed E-state index contributed by atoms with van der Waals surface area (Å²) in [5, 5.41) is 1.62. The van der Waals surface area contributed by atoms with Crippen molar-refractivity contribution in [2.24, 2.45) is 0 Å². The number of nitrogens with zero attached hydrogens (tertiary/aromatic N) is 4. The summed E-state index contributed by atoms with van der Waals surface area (Å²) in [5.41, 5.74) is -28.8. The largest absolute Gasteiger partial charge is 0.510 e. The van der Waals surface area contributed by atoms with Gasteiger partial charge >= 0.3 is 0 Å². The number of aromatic nitrogens is 4. The summed E-state index contributed by atoms with van der Waals surface area (Å²) in [6, 6.07) is 24.4. The van der Waals surface area contributed by atoms with E-state index in [1.807, 2.05) is 47.0 Å². The maximum atomic E-state index is 10.4. The van der Waals surface area contributed by atoms with E-state index >= 15 is 0 Å². The van der Waals surface area contributed by atoms with Gasteiger partial charge in [0.05, 0.1) is 24.9 Å². The Kier molecular flexibility index (Phi) is 5.71. The molecule has 0 aliphatic heterocycles. The van der Waals surface area contributed by atoms with Crippen LogP contribution in [0.15, 0.2) is 152 Å². The third-order valence-electron chi connectivity index (χ3n) is 13.3. The average Bonchev–Trinajstić information content (AvgIpc) is 0.674. The van der Waals surface area contributed by atoms with Gasteiger partial charge in [0.15, 0.2) is 0 Å². The molecule has 75 heavy (non-hydrogen) atoms. The van der Waals surface area contributed by atoms with Gasteiger partial charge in [-0.3, -0.25) is 4.57 Å². The molecule has 0 amide bonds. The van der Waals surface area contributed by atoms with E-state index in [2.05, 4.69) is 39.2 Å². The molecule has 382 valence electrons. The number of benzene rings is 7. The zero-order valence-electron chi connectivity index (χ0n) is 77.5. The summed E-state index contributed by atoms with van der Waals surface area (Å²) in [5.74, 6) is 0.700. The van der Waals surface area contributed by atoms with Crippen LogP contribution in [0.25, 0.3) is 72.3 Å². The van der Waals surface area contributed by atoms with Crippen molar-refractivity contribution in [2.75, 3.05) is 0 Å². The second kappa shape index (κ2) is 18.3. The van der Waals surface area contributed by atoms with Crippen molar-refractivity contribution >= 4 is 32.8 Å². The minimum Gasteiger partial charge on any atom is -0.510 e. The van der Waals surface area contributed by atoms with E-state index in [1.165, 1.54) is 47.0 Å². The number of imidazole rings is 1. The van der Waals surface area contributed by atoms with Crippen LogP contribution in [-0.2, 0) is 48.1 Å². The van der Waals surface area contributed by atoms with Crippen molar-refractivity contribution < 1.29 is 81.1 Å². The second-order valence-corrected chi connectivity index (χ2v) is 19.3. The van der Waals surface area contributed by atoms with Crippen LogP contribution in [0.1, 0.15) is 186 Å². The van der Waals surface area contributed by atoms with Crippen LogP contribution in [0, 0.1) is 18.5 Å². The monoisotopic (exact) mass is 1200 g/mol. The summed E-state index contributed by atoms with van der Waals surface area (Å²) in [4.78, 5) is 4.75. The summed E-state index contributed by atoms with van der Waals surface area (Å²) >= 11 is 0. The van der Waals surface area contributed by atoms with Crippen LogP contribution in [0.4, 0.5) is 0 Å². The predicted octanol–water partition coefficient (Wildman–Crippen LogP) is 17.3. The fourth-order valence-electron chi connectivity index (χ4n) is 9.53. The molecule has 7 aromatic carbocycles. The van der Waals surface area contributed by atoms with Crippen LogP contribution < -0.4 is 9.30 Å². The molecular formula is C69H68N4OPt-2. The number of fused-ring (bicyclic) bond motifs is 6. The number of hydrogen-bond acceptors (Lipinski definition) is 2. The number of hydrogen-bond donors (Lipinski definition) is 0. The van der Waals surface area contributed by atoms with Crippen molar-refractivity contribution in [3.8, 4) is 50.9 Å². The fourth-order valence-corrected chi connectivity index (χ4v) is 9.53. The Morgan fingerprint density at radius 2 is 1.32 bits per heavy atom. The quantitative estimate of drug-likeness (QED) is 0.112. The molecule has 10 aromatic rings. The van der Waals surface area contributed by atoms with Crippen LogP contribution in [0.5, 0.6) is 11.5 Å². The number of para-hydroxylation sites is 4. The SMILES string of the molecule is [2H]c1c([2H])c2c(c([2H])c1-c1cccc(-c3c([2H])c([2H])c4c(c3[2H])C(C([2H])([2H])[2H])(C([2H])([2H])[2H])C([2H])([2H])C([2H])([2H])C4(C([2H])([2H])[2H])C([2H])([2H])C)c1-[n+]1[c-]n(-c3[c-]c(Oc4[c-]c5c(cc4)c4ccccc4n5-c4cc(C(C)(C)C)ccn4)ccc3)c3ccccc31)C(C([2H])([2H])[2H])(C([2H])([2H])[2H])C([2H])([2H])C([2H])([2H])C2(C([2H])([2H])[2H])C([2H])([2H])[2H].[Pt]. The Morgan fingerprint density at radius 1 is 0.680 bits per heavy atom. The van der Waals surface area contributed by atoms with Gasteiger partial charge in [-0.1, -0.05) is 178 Å². The zero-order chi connectivity index (χ0) is 83.2. The minimum atomic E-state index is -4.84. The molecule has 0 saturated heterocycles. The van der Waals surface area contributed by atoms with Crippen molar-refractivity contribution in [2.45, 2.75) is 135 Å². The Morgan fingerprint density at radius 3 is 2.03 bits per heavy atom. The van der Waals surface area contributed by atoms with Crippen LogP contribution in [-0.4, -0.2) is 14.1 Å². The predicted molar refractivity (Wildman–Crippen MR) is 305 cm³/mol. The van der Waals surface area contributed by atoms with Gasteiger partial charge in [0.1, 0.15) is 5.82 Å². The number of rotatable bonds is 8. The molecule has 2 aliphatic carbocycles. The van der Waals surface area contributed by atoms with Gasteiger partial charge in [-0.2, -0.15) is 18.2 Å². The smallest absolute Gasteiger partial charge is 0.268 e. The van der Waals surface area contributed by atoms with Gasteiger partial charge in [0.2, 0.25) is 0 Å². The third kappa shape index (κ3) is 8.59. The van der Waals surface area contributed by atoms with Crippen LogP contribution in [0.3, 0.4) is 0 Å². The van der Waals surface area contributed by atoms with Crippen LogP contribution in [0.2, 0.25) is 0 Å². The molecule has 6 heteroatoms. The van der Waals surface area contributed by atoms with E-state index in [9.17, 15) is 21.9 Å². The summed E-state index contributed by atoms with van der Waals surface area (Å²) in [6.07, 6.45) is -17.9. The maximum absolute atomic E-state index is 10.4. The maximum Gasteiger partial charge on any atom is 0.268 e. The molecule has 0 fully saturated rings. The molecule has 3 aromatic heterocycles. The fraction of sp³-hybridized carbons (Fsp3) is 0.304. The van der Waals surface area contributed by atoms with E-state index in [-0.39, 0.29) is 54.7 Å². The number of ether oxygens (including phenoxy) is 1. The van der Waals surface area contributed by atoms with Gasteiger partial charge in [-0.15, -0.1) is 29.7 Å². The van der Waals surface area contributed by atoms with E-state index < -0.39 is 188 Å². The standard InChI is InChI=1S/C69H68N4O.Pt/c1-12-69(11)37-36-68(9,10)58-40-46(28-32-56(58)69)52-23-18-22-51(45-27-31-55-57(39-45)67(7,8)35-34-66(55,5)6)64(52)72-44-71(60-25-15-16-26-61(60)72)48-19-17-20-49(42-48)74-50-29-30-54-53-21-13-14-24-59(53)73(62(54)43-50)63-41-47(33-38-70-63)65(2,3)4;/h13-33,38-41H,12,34-37H2,1-11H3;/q-2;/i5D3,6D3,7D3,8D3,9D3,10D3,11D3,12D2,27D,28D,31D,32D,34D2,35D2,36D2,37D2,39D,40D;. The molecule has 0 spiro atoms. The van der Waals surface area contributed by atoms with Crippen molar-refractivity contribution in [3.63, 3.8) is 0 Å². The molecule has 1 atom stereocenters.